The van der Waals surface area contributed by atoms with Crippen LogP contribution in [0.25, 0.3) is 10.9 Å². The van der Waals surface area contributed by atoms with Crippen LogP contribution in [0.15, 0.2) is 30.3 Å². The fraction of sp³-hybridized carbons (Fsp3) is 0.312. The van der Waals surface area contributed by atoms with Gasteiger partial charge in [-0.25, -0.2) is 0 Å². The lowest BCUT2D eigenvalue weighted by Gasteiger charge is -2.24. The number of terminal acetylenes is 1. The van der Waals surface area contributed by atoms with Crippen molar-refractivity contribution in [1.82, 2.24) is 4.98 Å². The van der Waals surface area contributed by atoms with Crippen LogP contribution in [-0.2, 0) is 6.61 Å². The molecule has 0 aliphatic rings. The minimum Gasteiger partial charge on any atom is -0.390 e. The van der Waals surface area contributed by atoms with E-state index in [-0.39, 0.29) is 6.61 Å². The lowest BCUT2D eigenvalue weighted by atomic mass is 10.1. The minimum atomic E-state index is -0.0617. The van der Waals surface area contributed by atoms with Gasteiger partial charge in [0.1, 0.15) is 0 Å². The van der Waals surface area contributed by atoms with Crippen LogP contribution in [0.2, 0.25) is 0 Å². The van der Waals surface area contributed by atoms with Crippen molar-refractivity contribution in [2.45, 2.75) is 20.0 Å². The molecule has 2 aromatic rings. The number of nitrogens with zero attached hydrogens (tertiary/aromatic N) is 2. The lowest BCUT2D eigenvalue weighted by Crippen LogP contribution is -2.24. The van der Waals surface area contributed by atoms with E-state index in [0.29, 0.717) is 12.2 Å². The highest BCUT2D eigenvalue weighted by Gasteiger charge is 2.11. The second kappa shape index (κ2) is 6.21. The first kappa shape index (κ1) is 13.4. The van der Waals surface area contributed by atoms with Crippen LogP contribution < -0.4 is 4.90 Å². The van der Waals surface area contributed by atoms with Gasteiger partial charge in [-0.3, -0.25) is 4.98 Å². The fourth-order valence-electron chi connectivity index (χ4n) is 2.22. The second-order valence-electron chi connectivity index (χ2n) is 4.43. The van der Waals surface area contributed by atoms with Crippen LogP contribution >= 0.6 is 0 Å². The Balaban J connectivity index is 2.58. The highest BCUT2D eigenvalue weighted by atomic mass is 16.3. The Hall–Kier alpha value is -2.05. The van der Waals surface area contributed by atoms with Gasteiger partial charge in [0, 0.05) is 17.6 Å². The number of fused-ring (bicyclic) bond motifs is 1. The molecule has 1 heterocycles. The monoisotopic (exact) mass is 254 g/mol. The third kappa shape index (κ3) is 2.86. The summed E-state index contributed by atoms with van der Waals surface area (Å²) < 4.78 is 0. The number of para-hydroxylation sites is 1. The van der Waals surface area contributed by atoms with Crippen molar-refractivity contribution in [2.24, 2.45) is 0 Å². The number of anilines is 1. The van der Waals surface area contributed by atoms with E-state index in [1.54, 1.807) is 0 Å². The van der Waals surface area contributed by atoms with E-state index in [1.807, 2.05) is 30.3 Å². The molecule has 0 radical (unpaired) electrons. The first-order chi connectivity index (χ1) is 9.30. The number of aromatic nitrogens is 1. The Morgan fingerprint density at radius 3 is 2.84 bits per heavy atom. The molecule has 19 heavy (non-hydrogen) atoms. The van der Waals surface area contributed by atoms with Crippen molar-refractivity contribution in [1.29, 1.82) is 0 Å². The molecule has 0 aliphatic carbocycles. The number of aliphatic hydroxyl groups excluding tert-OH is 1. The van der Waals surface area contributed by atoms with Gasteiger partial charge in [-0.2, -0.15) is 0 Å². The zero-order chi connectivity index (χ0) is 13.7. The zero-order valence-corrected chi connectivity index (χ0v) is 11.1. The fourth-order valence-corrected chi connectivity index (χ4v) is 2.22. The predicted octanol–water partition coefficient (Wildman–Crippen LogP) is 2.58. The summed E-state index contributed by atoms with van der Waals surface area (Å²) in [5, 5.41) is 10.4. The van der Waals surface area contributed by atoms with Gasteiger partial charge in [0.25, 0.3) is 0 Å². The molecule has 0 saturated carbocycles. The first-order valence-corrected chi connectivity index (χ1v) is 6.48. The standard InChI is InChI=1S/C16H18N2O/c1-3-9-18(10-4-2)16-11-13(12-19)17-15-8-6-5-7-14(15)16/h1,5-8,11,19H,4,9-10,12H2,2H3. The molecule has 98 valence electrons. The van der Waals surface area contributed by atoms with Gasteiger partial charge < -0.3 is 10.0 Å². The summed E-state index contributed by atoms with van der Waals surface area (Å²) in [4.78, 5) is 6.58. The molecule has 0 aliphatic heterocycles. The van der Waals surface area contributed by atoms with Crippen molar-refractivity contribution >= 4 is 16.6 Å². The molecule has 0 unspecified atom stereocenters. The molecule has 0 saturated heterocycles. The Kier molecular flexibility index (Phi) is 4.38. The third-order valence-electron chi connectivity index (χ3n) is 3.03. The number of hydrogen-bond donors (Lipinski definition) is 1. The van der Waals surface area contributed by atoms with Gasteiger partial charge in [-0.15, -0.1) is 6.42 Å². The maximum Gasteiger partial charge on any atom is 0.0854 e. The van der Waals surface area contributed by atoms with E-state index >= 15 is 0 Å². The van der Waals surface area contributed by atoms with Crippen molar-refractivity contribution in [3.05, 3.63) is 36.0 Å². The van der Waals surface area contributed by atoms with Crippen LogP contribution in [0.4, 0.5) is 5.69 Å². The van der Waals surface area contributed by atoms with Crippen molar-refractivity contribution in [2.75, 3.05) is 18.0 Å². The summed E-state index contributed by atoms with van der Waals surface area (Å²) in [7, 11) is 0. The highest BCUT2D eigenvalue weighted by molar-refractivity contribution is 5.92. The number of rotatable bonds is 5. The largest absolute Gasteiger partial charge is 0.390 e. The van der Waals surface area contributed by atoms with E-state index < -0.39 is 0 Å². The normalized spacial score (nSPS) is 10.4. The van der Waals surface area contributed by atoms with Crippen molar-refractivity contribution in [3.8, 4) is 12.3 Å². The van der Waals surface area contributed by atoms with E-state index in [4.69, 9.17) is 6.42 Å². The lowest BCUT2D eigenvalue weighted by molar-refractivity contribution is 0.277. The summed E-state index contributed by atoms with van der Waals surface area (Å²) >= 11 is 0. The molecule has 0 atom stereocenters. The third-order valence-corrected chi connectivity index (χ3v) is 3.03. The van der Waals surface area contributed by atoms with E-state index in [1.165, 1.54) is 0 Å². The molecular formula is C16H18N2O. The van der Waals surface area contributed by atoms with Gasteiger partial charge >= 0.3 is 0 Å². The van der Waals surface area contributed by atoms with E-state index in [0.717, 1.165) is 29.6 Å². The van der Waals surface area contributed by atoms with Gasteiger partial charge in [0.05, 0.1) is 24.4 Å². The molecule has 0 fully saturated rings. The molecule has 3 heteroatoms. The molecule has 1 aromatic heterocycles. The molecule has 1 aromatic carbocycles. The van der Waals surface area contributed by atoms with Crippen molar-refractivity contribution in [3.63, 3.8) is 0 Å². The SMILES string of the molecule is C#CCN(CCC)c1cc(CO)nc2ccccc12. The molecule has 0 amide bonds. The smallest absolute Gasteiger partial charge is 0.0854 e. The van der Waals surface area contributed by atoms with Crippen LogP contribution in [0, 0.1) is 12.3 Å². The maximum absolute atomic E-state index is 9.34. The Morgan fingerprint density at radius 1 is 1.37 bits per heavy atom. The number of pyridine rings is 1. The van der Waals surface area contributed by atoms with Gasteiger partial charge in [0.15, 0.2) is 0 Å². The molecule has 1 N–H and O–H groups in total. The van der Waals surface area contributed by atoms with E-state index in [2.05, 4.69) is 22.7 Å². The number of benzene rings is 1. The average Bonchev–Trinajstić information content (AvgIpc) is 2.46. The second-order valence-corrected chi connectivity index (χ2v) is 4.43. The topological polar surface area (TPSA) is 36.4 Å². The highest BCUT2D eigenvalue weighted by Crippen LogP contribution is 2.26. The molecule has 3 nitrogen and oxygen atoms in total. The average molecular weight is 254 g/mol. The Bertz CT molecular complexity index is 601. The predicted molar refractivity (Wildman–Crippen MR) is 79.0 cm³/mol. The Morgan fingerprint density at radius 2 is 2.16 bits per heavy atom. The molecule has 2 rings (SSSR count). The Labute approximate surface area is 113 Å². The summed E-state index contributed by atoms with van der Waals surface area (Å²) in [5.41, 5.74) is 2.61. The quantitative estimate of drug-likeness (QED) is 0.833. The van der Waals surface area contributed by atoms with Crippen LogP contribution in [0.5, 0.6) is 0 Å². The summed E-state index contributed by atoms with van der Waals surface area (Å²) in [6.07, 6.45) is 6.48. The first-order valence-electron chi connectivity index (χ1n) is 6.48. The molecule has 0 bridgehead atoms. The summed E-state index contributed by atoms with van der Waals surface area (Å²) in [6.45, 7) is 3.52. The maximum atomic E-state index is 9.34. The summed E-state index contributed by atoms with van der Waals surface area (Å²) in [6, 6.07) is 9.86. The summed E-state index contributed by atoms with van der Waals surface area (Å²) in [5.74, 6) is 2.70. The van der Waals surface area contributed by atoms with Crippen LogP contribution in [0.1, 0.15) is 19.0 Å². The van der Waals surface area contributed by atoms with Crippen molar-refractivity contribution < 1.29 is 5.11 Å². The van der Waals surface area contributed by atoms with E-state index in [9.17, 15) is 5.11 Å². The van der Waals surface area contributed by atoms with Gasteiger partial charge in [-0.05, 0) is 18.6 Å². The molecule has 0 spiro atoms. The van der Waals surface area contributed by atoms with Crippen LogP contribution in [-0.4, -0.2) is 23.2 Å². The van der Waals surface area contributed by atoms with Gasteiger partial charge in [0.2, 0.25) is 0 Å². The number of hydrogen-bond acceptors (Lipinski definition) is 3. The molecular weight excluding hydrogens is 236 g/mol. The minimum absolute atomic E-state index is 0.0617. The number of aliphatic hydroxyl groups is 1. The van der Waals surface area contributed by atoms with Crippen LogP contribution in [0.3, 0.4) is 0 Å². The zero-order valence-electron chi connectivity index (χ0n) is 11.1. The van der Waals surface area contributed by atoms with Gasteiger partial charge in [-0.1, -0.05) is 31.0 Å².